The molecule has 0 aliphatic heterocycles. The summed E-state index contributed by atoms with van der Waals surface area (Å²) in [6.45, 7) is 0.415. The summed E-state index contributed by atoms with van der Waals surface area (Å²) in [6, 6.07) is 0. The Bertz CT molecular complexity index is 187. The van der Waals surface area contributed by atoms with Crippen molar-refractivity contribution < 1.29 is 22.6 Å². The molecule has 0 aromatic heterocycles. The van der Waals surface area contributed by atoms with Crippen LogP contribution in [0.1, 0.15) is 19.3 Å². The van der Waals surface area contributed by atoms with Gasteiger partial charge in [-0.05, 0) is 19.3 Å². The molecule has 0 bridgehead atoms. The van der Waals surface area contributed by atoms with Crippen LogP contribution in [0.15, 0.2) is 0 Å². The topological polar surface area (TPSA) is 30.5 Å². The Balaban J connectivity index is 2.02. The van der Waals surface area contributed by atoms with Crippen LogP contribution in [0.5, 0.6) is 0 Å². The Morgan fingerprint density at radius 1 is 1.33 bits per heavy atom. The van der Waals surface area contributed by atoms with E-state index in [1.54, 1.807) is 7.11 Å². The lowest BCUT2D eigenvalue weighted by molar-refractivity contribution is -0.323. The van der Waals surface area contributed by atoms with Gasteiger partial charge in [-0.15, -0.1) is 13.2 Å². The number of halogens is 3. The average Bonchev–Trinajstić information content (AvgIpc) is 2.06. The third kappa shape index (κ3) is 4.36. The molecule has 0 unspecified atom stereocenters. The summed E-state index contributed by atoms with van der Waals surface area (Å²) in [7, 11) is 1.63. The maximum Gasteiger partial charge on any atom is 0.522 e. The molecule has 90 valence electrons. The van der Waals surface area contributed by atoms with Gasteiger partial charge in [-0.1, -0.05) is 0 Å². The minimum atomic E-state index is -4.53. The number of nitrogens with one attached hydrogen (secondary N) is 1. The standard InChI is InChI=1S/C9H16F3NO2/c1-14-8(3-2-4-8)7-13-5-6-15-9(10,11)12/h13H,2-7H2,1H3. The Kier molecular flexibility index (Phi) is 4.36. The van der Waals surface area contributed by atoms with Crippen LogP contribution in [0.25, 0.3) is 0 Å². The summed E-state index contributed by atoms with van der Waals surface area (Å²) in [4.78, 5) is 0. The smallest absolute Gasteiger partial charge is 0.377 e. The fourth-order valence-corrected chi connectivity index (χ4v) is 1.58. The molecule has 1 N–H and O–H groups in total. The van der Waals surface area contributed by atoms with Crippen LogP contribution in [-0.2, 0) is 9.47 Å². The van der Waals surface area contributed by atoms with E-state index in [0.717, 1.165) is 19.3 Å². The summed E-state index contributed by atoms with van der Waals surface area (Å²) < 4.78 is 43.7. The van der Waals surface area contributed by atoms with Gasteiger partial charge in [0.2, 0.25) is 0 Å². The molecule has 0 aromatic carbocycles. The summed E-state index contributed by atoms with van der Waals surface area (Å²) in [5, 5.41) is 2.90. The van der Waals surface area contributed by atoms with Gasteiger partial charge >= 0.3 is 6.36 Å². The van der Waals surface area contributed by atoms with Crippen LogP contribution in [0, 0.1) is 0 Å². The number of methoxy groups -OCH3 is 1. The molecule has 3 nitrogen and oxygen atoms in total. The van der Waals surface area contributed by atoms with E-state index in [0.29, 0.717) is 6.54 Å². The first-order chi connectivity index (χ1) is 6.97. The van der Waals surface area contributed by atoms with Gasteiger partial charge in [0.05, 0.1) is 12.2 Å². The molecular weight excluding hydrogens is 211 g/mol. The molecule has 0 aromatic rings. The largest absolute Gasteiger partial charge is 0.522 e. The summed E-state index contributed by atoms with van der Waals surface area (Å²) in [5.41, 5.74) is -0.155. The zero-order chi connectivity index (χ0) is 11.4. The lowest BCUT2D eigenvalue weighted by Gasteiger charge is -2.40. The van der Waals surface area contributed by atoms with Gasteiger partial charge in [0.1, 0.15) is 0 Å². The molecule has 15 heavy (non-hydrogen) atoms. The molecular formula is C9H16F3NO2. The Morgan fingerprint density at radius 3 is 2.40 bits per heavy atom. The normalized spacial score (nSPS) is 20.0. The molecule has 1 aliphatic carbocycles. The molecule has 0 saturated heterocycles. The second-order valence-electron chi connectivity index (χ2n) is 3.71. The first kappa shape index (κ1) is 12.7. The maximum atomic E-state index is 11.6. The first-order valence-electron chi connectivity index (χ1n) is 4.94. The van der Waals surface area contributed by atoms with Gasteiger partial charge in [0.25, 0.3) is 0 Å². The zero-order valence-electron chi connectivity index (χ0n) is 8.69. The lowest BCUT2D eigenvalue weighted by atomic mass is 9.80. The van der Waals surface area contributed by atoms with Crippen molar-refractivity contribution in [1.29, 1.82) is 0 Å². The third-order valence-electron chi connectivity index (χ3n) is 2.69. The summed E-state index contributed by atoms with van der Waals surface area (Å²) >= 11 is 0. The van der Waals surface area contributed by atoms with Crippen molar-refractivity contribution in [3.05, 3.63) is 0 Å². The van der Waals surface area contributed by atoms with Crippen molar-refractivity contribution in [1.82, 2.24) is 5.32 Å². The second-order valence-corrected chi connectivity index (χ2v) is 3.71. The van der Waals surface area contributed by atoms with E-state index in [9.17, 15) is 13.2 Å². The highest BCUT2D eigenvalue weighted by Crippen LogP contribution is 2.34. The van der Waals surface area contributed by atoms with Crippen LogP contribution >= 0.6 is 0 Å². The molecule has 0 atom stereocenters. The summed E-state index contributed by atoms with van der Waals surface area (Å²) in [5.74, 6) is 0. The fraction of sp³-hybridized carbons (Fsp3) is 1.00. The van der Waals surface area contributed by atoms with Crippen LogP contribution in [0.3, 0.4) is 0 Å². The number of alkyl halides is 3. The van der Waals surface area contributed by atoms with Gasteiger partial charge in [-0.2, -0.15) is 0 Å². The molecule has 1 saturated carbocycles. The zero-order valence-corrected chi connectivity index (χ0v) is 8.69. The molecule has 1 fully saturated rings. The monoisotopic (exact) mass is 227 g/mol. The van der Waals surface area contributed by atoms with Crippen molar-refractivity contribution in [2.24, 2.45) is 0 Å². The molecule has 0 spiro atoms. The van der Waals surface area contributed by atoms with Crippen molar-refractivity contribution in [2.45, 2.75) is 31.2 Å². The van der Waals surface area contributed by atoms with Crippen molar-refractivity contribution in [2.75, 3.05) is 26.8 Å². The van der Waals surface area contributed by atoms with E-state index in [1.165, 1.54) is 0 Å². The van der Waals surface area contributed by atoms with Crippen LogP contribution < -0.4 is 5.32 Å². The second kappa shape index (κ2) is 5.14. The van der Waals surface area contributed by atoms with Gasteiger partial charge in [-0.25, -0.2) is 0 Å². The minimum Gasteiger partial charge on any atom is -0.377 e. The van der Waals surface area contributed by atoms with Crippen LogP contribution in [-0.4, -0.2) is 38.8 Å². The van der Waals surface area contributed by atoms with E-state index >= 15 is 0 Å². The van der Waals surface area contributed by atoms with E-state index in [-0.39, 0.29) is 18.8 Å². The molecule has 1 aliphatic rings. The molecule has 0 radical (unpaired) electrons. The predicted molar refractivity (Wildman–Crippen MR) is 48.5 cm³/mol. The Labute approximate surface area is 86.9 Å². The van der Waals surface area contributed by atoms with Crippen molar-refractivity contribution >= 4 is 0 Å². The number of hydrogen-bond donors (Lipinski definition) is 1. The van der Waals surface area contributed by atoms with E-state index in [1.807, 2.05) is 0 Å². The molecule has 1 rings (SSSR count). The first-order valence-corrected chi connectivity index (χ1v) is 4.94. The average molecular weight is 227 g/mol. The third-order valence-corrected chi connectivity index (χ3v) is 2.69. The highest BCUT2D eigenvalue weighted by atomic mass is 19.4. The highest BCUT2D eigenvalue weighted by molar-refractivity contribution is 4.91. The predicted octanol–water partition coefficient (Wildman–Crippen LogP) is 1.68. The van der Waals surface area contributed by atoms with Gasteiger partial charge in [0.15, 0.2) is 0 Å². The number of ether oxygens (including phenoxy) is 2. The molecule has 0 amide bonds. The fourth-order valence-electron chi connectivity index (χ4n) is 1.58. The van der Waals surface area contributed by atoms with Gasteiger partial charge in [0, 0.05) is 20.2 Å². The van der Waals surface area contributed by atoms with Crippen molar-refractivity contribution in [3.63, 3.8) is 0 Å². The quantitative estimate of drug-likeness (QED) is 0.700. The highest BCUT2D eigenvalue weighted by Gasteiger charge is 2.36. The minimum absolute atomic E-state index is 0.155. The molecule has 6 heteroatoms. The van der Waals surface area contributed by atoms with Crippen molar-refractivity contribution in [3.8, 4) is 0 Å². The summed E-state index contributed by atoms with van der Waals surface area (Å²) in [6.07, 6.45) is -1.47. The Morgan fingerprint density at radius 2 is 2.00 bits per heavy atom. The van der Waals surface area contributed by atoms with Crippen LogP contribution in [0.4, 0.5) is 13.2 Å². The number of hydrogen-bond acceptors (Lipinski definition) is 3. The van der Waals surface area contributed by atoms with E-state index in [4.69, 9.17) is 4.74 Å². The van der Waals surface area contributed by atoms with E-state index in [2.05, 4.69) is 10.1 Å². The van der Waals surface area contributed by atoms with Crippen LogP contribution in [0.2, 0.25) is 0 Å². The maximum absolute atomic E-state index is 11.6. The SMILES string of the molecule is COC1(CNCCOC(F)(F)F)CCC1. The lowest BCUT2D eigenvalue weighted by Crippen LogP contribution is -2.48. The number of rotatable bonds is 6. The van der Waals surface area contributed by atoms with Gasteiger partial charge in [-0.3, -0.25) is 4.74 Å². The van der Waals surface area contributed by atoms with Gasteiger partial charge < -0.3 is 10.1 Å². The molecule has 0 heterocycles. The Hall–Kier alpha value is -0.330. The van der Waals surface area contributed by atoms with E-state index < -0.39 is 6.36 Å².